The van der Waals surface area contributed by atoms with E-state index in [2.05, 4.69) is 5.32 Å². The average molecular weight is 196 g/mol. The number of nitrogens with one attached hydrogen (secondary N) is 1. The van der Waals surface area contributed by atoms with E-state index in [0.29, 0.717) is 13.0 Å². The first-order chi connectivity index (χ1) is 6.63. The van der Waals surface area contributed by atoms with Gasteiger partial charge >= 0.3 is 0 Å². The van der Waals surface area contributed by atoms with Gasteiger partial charge in [-0.3, -0.25) is 10.1 Å². The molecule has 0 fully saturated rings. The van der Waals surface area contributed by atoms with Crippen LogP contribution in [0.2, 0.25) is 0 Å². The van der Waals surface area contributed by atoms with Gasteiger partial charge in [-0.05, 0) is 25.5 Å². The summed E-state index contributed by atoms with van der Waals surface area (Å²) in [7, 11) is 0. The molecule has 1 aromatic rings. The number of primary amides is 1. The summed E-state index contributed by atoms with van der Waals surface area (Å²) < 4.78 is 5.34. The Morgan fingerprint density at radius 1 is 1.64 bits per heavy atom. The van der Waals surface area contributed by atoms with E-state index in [9.17, 15) is 4.79 Å². The summed E-state index contributed by atoms with van der Waals surface area (Å²) >= 11 is 0. The van der Waals surface area contributed by atoms with Gasteiger partial charge in [0.05, 0.1) is 12.6 Å². The molecule has 0 aliphatic rings. The van der Waals surface area contributed by atoms with Crippen molar-refractivity contribution in [1.29, 1.82) is 0 Å². The zero-order valence-corrected chi connectivity index (χ0v) is 8.54. The Kier molecular flexibility index (Phi) is 3.71. The molecule has 0 bridgehead atoms. The van der Waals surface area contributed by atoms with Gasteiger partial charge in [0.1, 0.15) is 11.5 Å². The second-order valence-corrected chi connectivity index (χ2v) is 3.26. The maximum Gasteiger partial charge on any atom is 0.234 e. The minimum Gasteiger partial charge on any atom is -0.465 e. The van der Waals surface area contributed by atoms with Crippen molar-refractivity contribution in [1.82, 2.24) is 5.32 Å². The third-order valence-corrected chi connectivity index (χ3v) is 2.07. The first-order valence-electron chi connectivity index (χ1n) is 4.71. The van der Waals surface area contributed by atoms with E-state index in [1.807, 2.05) is 26.0 Å². The molecule has 0 spiro atoms. The van der Waals surface area contributed by atoms with Crippen molar-refractivity contribution < 1.29 is 9.21 Å². The maximum absolute atomic E-state index is 10.9. The number of aryl methyl sites for hydroxylation is 1. The van der Waals surface area contributed by atoms with Gasteiger partial charge in [-0.25, -0.2) is 0 Å². The summed E-state index contributed by atoms with van der Waals surface area (Å²) in [5.74, 6) is 1.37. The van der Waals surface area contributed by atoms with Gasteiger partial charge in [-0.2, -0.15) is 0 Å². The zero-order valence-electron chi connectivity index (χ0n) is 8.54. The van der Waals surface area contributed by atoms with Crippen molar-refractivity contribution in [3.05, 3.63) is 23.7 Å². The number of amides is 1. The van der Waals surface area contributed by atoms with Crippen molar-refractivity contribution in [2.75, 3.05) is 0 Å². The standard InChI is InChI=1S/C10H16N2O2/c1-3-9(10(11)13)12-6-8-5-4-7(2)14-8/h4-5,9,12H,3,6H2,1-2H3,(H2,11,13). The Hall–Kier alpha value is -1.29. The van der Waals surface area contributed by atoms with Crippen LogP contribution in [0.3, 0.4) is 0 Å². The molecule has 1 amide bonds. The highest BCUT2D eigenvalue weighted by Gasteiger charge is 2.11. The summed E-state index contributed by atoms with van der Waals surface area (Å²) in [6, 6.07) is 3.50. The number of hydrogen-bond acceptors (Lipinski definition) is 3. The van der Waals surface area contributed by atoms with Crippen LogP contribution in [0, 0.1) is 6.92 Å². The highest BCUT2D eigenvalue weighted by atomic mass is 16.3. The van der Waals surface area contributed by atoms with Gasteiger partial charge in [-0.1, -0.05) is 6.92 Å². The highest BCUT2D eigenvalue weighted by Crippen LogP contribution is 2.06. The van der Waals surface area contributed by atoms with Crippen LogP contribution in [-0.4, -0.2) is 11.9 Å². The SMILES string of the molecule is CCC(NCc1ccc(C)o1)C(N)=O. The number of nitrogens with two attached hydrogens (primary N) is 1. The summed E-state index contributed by atoms with van der Waals surface area (Å²) in [5, 5.41) is 3.03. The summed E-state index contributed by atoms with van der Waals surface area (Å²) in [6.45, 7) is 4.33. The van der Waals surface area contributed by atoms with Gasteiger partial charge in [-0.15, -0.1) is 0 Å². The number of carbonyl (C=O) groups excluding carboxylic acids is 1. The summed E-state index contributed by atoms with van der Waals surface area (Å²) in [4.78, 5) is 10.9. The van der Waals surface area contributed by atoms with Crippen LogP contribution in [0.15, 0.2) is 16.5 Å². The minimum absolute atomic E-state index is 0.277. The zero-order chi connectivity index (χ0) is 10.6. The van der Waals surface area contributed by atoms with E-state index in [0.717, 1.165) is 11.5 Å². The van der Waals surface area contributed by atoms with Gasteiger partial charge < -0.3 is 10.2 Å². The number of hydrogen-bond donors (Lipinski definition) is 2. The molecular formula is C10H16N2O2. The first-order valence-corrected chi connectivity index (χ1v) is 4.71. The molecule has 1 aromatic heterocycles. The molecule has 3 N–H and O–H groups in total. The fraction of sp³-hybridized carbons (Fsp3) is 0.500. The Morgan fingerprint density at radius 3 is 2.79 bits per heavy atom. The van der Waals surface area contributed by atoms with Gasteiger partial charge in [0.25, 0.3) is 0 Å². The largest absolute Gasteiger partial charge is 0.465 e. The second-order valence-electron chi connectivity index (χ2n) is 3.26. The Bertz CT molecular complexity index is 307. The molecular weight excluding hydrogens is 180 g/mol. The van der Waals surface area contributed by atoms with Crippen LogP contribution < -0.4 is 11.1 Å². The molecule has 4 heteroatoms. The Morgan fingerprint density at radius 2 is 2.36 bits per heavy atom. The van der Waals surface area contributed by atoms with E-state index in [4.69, 9.17) is 10.2 Å². The van der Waals surface area contributed by atoms with Crippen molar-refractivity contribution in [2.45, 2.75) is 32.9 Å². The van der Waals surface area contributed by atoms with E-state index in [-0.39, 0.29) is 11.9 Å². The molecule has 4 nitrogen and oxygen atoms in total. The van der Waals surface area contributed by atoms with Crippen LogP contribution in [0.1, 0.15) is 24.9 Å². The van der Waals surface area contributed by atoms with Crippen molar-refractivity contribution in [2.24, 2.45) is 5.73 Å². The highest BCUT2D eigenvalue weighted by molar-refractivity contribution is 5.79. The van der Waals surface area contributed by atoms with Crippen molar-refractivity contribution >= 4 is 5.91 Å². The van der Waals surface area contributed by atoms with E-state index in [1.165, 1.54) is 0 Å². The summed E-state index contributed by atoms with van der Waals surface area (Å²) in [5.41, 5.74) is 5.18. The molecule has 0 radical (unpaired) electrons. The predicted octanol–water partition coefficient (Wildman–Crippen LogP) is 0.942. The number of furan rings is 1. The lowest BCUT2D eigenvalue weighted by molar-refractivity contribution is -0.120. The fourth-order valence-corrected chi connectivity index (χ4v) is 1.25. The van der Waals surface area contributed by atoms with Crippen LogP contribution in [0.4, 0.5) is 0 Å². The number of carbonyl (C=O) groups is 1. The lowest BCUT2D eigenvalue weighted by Crippen LogP contribution is -2.40. The molecule has 14 heavy (non-hydrogen) atoms. The maximum atomic E-state index is 10.9. The quantitative estimate of drug-likeness (QED) is 0.736. The molecule has 1 atom stereocenters. The van der Waals surface area contributed by atoms with E-state index < -0.39 is 0 Å². The topological polar surface area (TPSA) is 68.3 Å². The molecule has 1 rings (SSSR count). The molecule has 0 aliphatic heterocycles. The third kappa shape index (κ3) is 2.88. The van der Waals surface area contributed by atoms with Crippen molar-refractivity contribution in [3.8, 4) is 0 Å². The minimum atomic E-state index is -0.323. The lowest BCUT2D eigenvalue weighted by atomic mass is 10.2. The fourth-order valence-electron chi connectivity index (χ4n) is 1.25. The first kappa shape index (κ1) is 10.8. The molecule has 0 saturated carbocycles. The second kappa shape index (κ2) is 4.81. The lowest BCUT2D eigenvalue weighted by Gasteiger charge is -2.11. The van der Waals surface area contributed by atoms with Crippen LogP contribution in [0.5, 0.6) is 0 Å². The third-order valence-electron chi connectivity index (χ3n) is 2.07. The molecule has 0 aromatic carbocycles. The van der Waals surface area contributed by atoms with Crippen LogP contribution >= 0.6 is 0 Å². The van der Waals surface area contributed by atoms with Crippen LogP contribution in [0.25, 0.3) is 0 Å². The molecule has 0 aliphatic carbocycles. The smallest absolute Gasteiger partial charge is 0.234 e. The van der Waals surface area contributed by atoms with Gasteiger partial charge in [0.15, 0.2) is 0 Å². The molecule has 0 saturated heterocycles. The monoisotopic (exact) mass is 196 g/mol. The van der Waals surface area contributed by atoms with E-state index >= 15 is 0 Å². The Labute approximate surface area is 83.5 Å². The van der Waals surface area contributed by atoms with Crippen LogP contribution in [-0.2, 0) is 11.3 Å². The predicted molar refractivity (Wildman–Crippen MR) is 53.6 cm³/mol. The molecule has 1 unspecified atom stereocenters. The number of rotatable bonds is 5. The normalized spacial score (nSPS) is 12.7. The van der Waals surface area contributed by atoms with Crippen molar-refractivity contribution in [3.63, 3.8) is 0 Å². The molecule has 78 valence electrons. The Balaban J connectivity index is 2.43. The summed E-state index contributed by atoms with van der Waals surface area (Å²) in [6.07, 6.45) is 0.690. The molecule has 1 heterocycles. The van der Waals surface area contributed by atoms with E-state index in [1.54, 1.807) is 0 Å². The van der Waals surface area contributed by atoms with Gasteiger partial charge in [0.2, 0.25) is 5.91 Å². The van der Waals surface area contributed by atoms with Gasteiger partial charge in [0, 0.05) is 0 Å². The average Bonchev–Trinajstić information content (AvgIpc) is 2.52.